The maximum absolute atomic E-state index is 11.8. The van der Waals surface area contributed by atoms with Gasteiger partial charge in [-0.1, -0.05) is 6.07 Å². The molecule has 0 aliphatic rings. The molecule has 0 aromatic heterocycles. The van der Waals surface area contributed by atoms with E-state index in [1.54, 1.807) is 46.3 Å². The molecule has 0 bridgehead atoms. The molecule has 19 heavy (non-hydrogen) atoms. The molecule has 5 heteroatoms. The van der Waals surface area contributed by atoms with Crippen molar-refractivity contribution in [3.05, 3.63) is 23.8 Å². The van der Waals surface area contributed by atoms with Crippen LogP contribution in [0.4, 0.5) is 0 Å². The number of carbonyl (C=O) groups excluding carboxylic acids is 1. The maximum atomic E-state index is 11.8. The van der Waals surface area contributed by atoms with Crippen LogP contribution in [0.15, 0.2) is 18.2 Å². The Morgan fingerprint density at radius 1 is 1.32 bits per heavy atom. The molecule has 0 radical (unpaired) electrons. The van der Waals surface area contributed by atoms with E-state index < -0.39 is 5.60 Å². The molecule has 0 spiro atoms. The van der Waals surface area contributed by atoms with Crippen LogP contribution in [0.3, 0.4) is 0 Å². The van der Waals surface area contributed by atoms with Crippen molar-refractivity contribution in [1.29, 1.82) is 0 Å². The second-order valence-electron chi connectivity index (χ2n) is 4.94. The topological polar surface area (TPSA) is 67.8 Å². The molecule has 0 aliphatic heterocycles. The van der Waals surface area contributed by atoms with E-state index in [1.807, 2.05) is 0 Å². The summed E-state index contributed by atoms with van der Waals surface area (Å²) in [7, 11) is 3.12. The third-order valence-corrected chi connectivity index (χ3v) is 2.56. The number of hydrogen-bond acceptors (Lipinski definition) is 4. The van der Waals surface area contributed by atoms with Gasteiger partial charge in [-0.15, -0.1) is 0 Å². The Hall–Kier alpha value is -1.75. The van der Waals surface area contributed by atoms with E-state index >= 15 is 0 Å². The highest BCUT2D eigenvalue weighted by Crippen LogP contribution is 2.24. The fourth-order valence-corrected chi connectivity index (χ4v) is 1.55. The minimum atomic E-state index is -0.917. The summed E-state index contributed by atoms with van der Waals surface area (Å²) in [5.74, 6) is 1.13. The standard InChI is InChI=1S/C14H21NO4/c1-14(2,17)9-15-13(16)7-10-5-6-11(18-3)8-12(10)19-4/h5-6,8,17H,7,9H2,1-4H3,(H,15,16). The van der Waals surface area contributed by atoms with E-state index in [1.165, 1.54) is 0 Å². The van der Waals surface area contributed by atoms with E-state index in [9.17, 15) is 9.90 Å². The number of nitrogens with one attached hydrogen (secondary N) is 1. The third-order valence-electron chi connectivity index (χ3n) is 2.56. The molecule has 1 aromatic carbocycles. The fraction of sp³-hybridized carbons (Fsp3) is 0.500. The SMILES string of the molecule is COc1ccc(CC(=O)NCC(C)(C)O)c(OC)c1. The predicted octanol–water partition coefficient (Wildman–Crippen LogP) is 1.13. The zero-order valence-electron chi connectivity index (χ0n) is 11.8. The van der Waals surface area contributed by atoms with Crippen LogP contribution in [0.5, 0.6) is 11.5 Å². The Labute approximate surface area is 113 Å². The van der Waals surface area contributed by atoms with Crippen molar-refractivity contribution in [3.8, 4) is 11.5 Å². The van der Waals surface area contributed by atoms with Gasteiger partial charge in [-0.2, -0.15) is 0 Å². The van der Waals surface area contributed by atoms with Crippen molar-refractivity contribution in [2.45, 2.75) is 25.9 Å². The molecule has 106 valence electrons. The quantitative estimate of drug-likeness (QED) is 0.811. The molecule has 0 heterocycles. The van der Waals surface area contributed by atoms with Crippen molar-refractivity contribution < 1.29 is 19.4 Å². The van der Waals surface area contributed by atoms with Crippen LogP contribution >= 0.6 is 0 Å². The molecule has 0 fully saturated rings. The smallest absolute Gasteiger partial charge is 0.224 e. The number of amides is 1. The maximum Gasteiger partial charge on any atom is 0.224 e. The van der Waals surface area contributed by atoms with Crippen LogP contribution in [0.25, 0.3) is 0 Å². The molecular formula is C14H21NO4. The lowest BCUT2D eigenvalue weighted by molar-refractivity contribution is -0.121. The number of methoxy groups -OCH3 is 2. The molecule has 1 amide bonds. The minimum absolute atomic E-state index is 0.161. The average Bonchev–Trinajstić information content (AvgIpc) is 2.36. The Balaban J connectivity index is 2.68. The summed E-state index contributed by atoms with van der Waals surface area (Å²) >= 11 is 0. The van der Waals surface area contributed by atoms with Crippen LogP contribution in [0, 0.1) is 0 Å². The second-order valence-corrected chi connectivity index (χ2v) is 4.94. The van der Waals surface area contributed by atoms with Gasteiger partial charge in [0.1, 0.15) is 11.5 Å². The summed E-state index contributed by atoms with van der Waals surface area (Å²) in [5, 5.41) is 12.2. The first kappa shape index (κ1) is 15.3. The fourth-order valence-electron chi connectivity index (χ4n) is 1.55. The molecule has 1 rings (SSSR count). The van der Waals surface area contributed by atoms with Crippen LogP contribution in [-0.2, 0) is 11.2 Å². The van der Waals surface area contributed by atoms with E-state index in [2.05, 4.69) is 5.32 Å². The zero-order valence-corrected chi connectivity index (χ0v) is 11.8. The zero-order chi connectivity index (χ0) is 14.5. The molecule has 5 nitrogen and oxygen atoms in total. The van der Waals surface area contributed by atoms with Gasteiger partial charge >= 0.3 is 0 Å². The largest absolute Gasteiger partial charge is 0.497 e. The Morgan fingerprint density at radius 3 is 2.53 bits per heavy atom. The van der Waals surface area contributed by atoms with Gasteiger partial charge in [-0.25, -0.2) is 0 Å². The van der Waals surface area contributed by atoms with Crippen molar-refractivity contribution in [2.75, 3.05) is 20.8 Å². The van der Waals surface area contributed by atoms with Gasteiger partial charge in [0.15, 0.2) is 0 Å². The number of benzene rings is 1. The van der Waals surface area contributed by atoms with Crippen molar-refractivity contribution >= 4 is 5.91 Å². The van der Waals surface area contributed by atoms with Crippen molar-refractivity contribution in [3.63, 3.8) is 0 Å². The van der Waals surface area contributed by atoms with Crippen LogP contribution in [-0.4, -0.2) is 37.4 Å². The van der Waals surface area contributed by atoms with E-state index in [0.29, 0.717) is 11.5 Å². The van der Waals surface area contributed by atoms with Gasteiger partial charge in [-0.3, -0.25) is 4.79 Å². The molecule has 0 aliphatic carbocycles. The molecule has 0 unspecified atom stereocenters. The number of rotatable bonds is 6. The van der Waals surface area contributed by atoms with Gasteiger partial charge < -0.3 is 19.9 Å². The highest BCUT2D eigenvalue weighted by atomic mass is 16.5. The number of ether oxygens (including phenoxy) is 2. The van der Waals surface area contributed by atoms with Gasteiger partial charge in [0.2, 0.25) is 5.91 Å². The molecule has 0 saturated heterocycles. The van der Waals surface area contributed by atoms with E-state index in [-0.39, 0.29) is 18.9 Å². The summed E-state index contributed by atoms with van der Waals surface area (Å²) in [6, 6.07) is 5.31. The highest BCUT2D eigenvalue weighted by Gasteiger charge is 2.15. The summed E-state index contributed by atoms with van der Waals surface area (Å²) in [6.07, 6.45) is 0.198. The third kappa shape index (κ3) is 5.18. The normalized spacial score (nSPS) is 11.0. The first-order valence-corrected chi connectivity index (χ1v) is 6.05. The second kappa shape index (κ2) is 6.43. The van der Waals surface area contributed by atoms with Crippen LogP contribution < -0.4 is 14.8 Å². The minimum Gasteiger partial charge on any atom is -0.497 e. The van der Waals surface area contributed by atoms with Gasteiger partial charge in [-0.05, 0) is 19.9 Å². The Bertz CT molecular complexity index is 438. The lowest BCUT2D eigenvalue weighted by Gasteiger charge is -2.18. The van der Waals surface area contributed by atoms with Gasteiger partial charge in [0, 0.05) is 18.2 Å². The molecule has 2 N–H and O–H groups in total. The summed E-state index contributed by atoms with van der Waals surface area (Å²) in [4.78, 5) is 11.8. The number of carbonyl (C=O) groups is 1. The Kier molecular flexibility index (Phi) is 5.18. The summed E-state index contributed by atoms with van der Waals surface area (Å²) < 4.78 is 10.3. The molecule has 0 saturated carbocycles. The van der Waals surface area contributed by atoms with Crippen LogP contribution in [0.1, 0.15) is 19.4 Å². The molecular weight excluding hydrogens is 246 g/mol. The monoisotopic (exact) mass is 267 g/mol. The van der Waals surface area contributed by atoms with Gasteiger partial charge in [0.25, 0.3) is 0 Å². The average molecular weight is 267 g/mol. The van der Waals surface area contributed by atoms with Crippen molar-refractivity contribution in [1.82, 2.24) is 5.32 Å². The summed E-state index contributed by atoms with van der Waals surface area (Å²) in [6.45, 7) is 3.49. The van der Waals surface area contributed by atoms with Gasteiger partial charge in [0.05, 0.1) is 26.2 Å². The first-order chi connectivity index (χ1) is 8.85. The van der Waals surface area contributed by atoms with Crippen molar-refractivity contribution in [2.24, 2.45) is 0 Å². The first-order valence-electron chi connectivity index (χ1n) is 6.05. The van der Waals surface area contributed by atoms with E-state index in [4.69, 9.17) is 9.47 Å². The highest BCUT2D eigenvalue weighted by molar-refractivity contribution is 5.79. The number of hydrogen-bond donors (Lipinski definition) is 2. The van der Waals surface area contributed by atoms with E-state index in [0.717, 1.165) is 5.56 Å². The summed E-state index contributed by atoms with van der Waals surface area (Å²) in [5.41, 5.74) is -0.142. The van der Waals surface area contributed by atoms with Crippen LogP contribution in [0.2, 0.25) is 0 Å². The number of aliphatic hydroxyl groups is 1. The molecule has 0 atom stereocenters. The Morgan fingerprint density at radius 2 is 2.00 bits per heavy atom. The lowest BCUT2D eigenvalue weighted by atomic mass is 10.1. The lowest BCUT2D eigenvalue weighted by Crippen LogP contribution is -2.38. The molecule has 1 aromatic rings. The predicted molar refractivity (Wildman–Crippen MR) is 72.6 cm³/mol.